The maximum Gasteiger partial charge on any atom is 0.471 e. The third-order valence-corrected chi connectivity index (χ3v) is 2.77. The lowest BCUT2D eigenvalue weighted by molar-refractivity contribution is -0.181. The van der Waals surface area contributed by atoms with E-state index in [1.165, 1.54) is 6.07 Å². The van der Waals surface area contributed by atoms with Crippen LogP contribution in [0.15, 0.2) is 42.5 Å². The molecule has 0 heterocycles. The van der Waals surface area contributed by atoms with Gasteiger partial charge in [0.05, 0.1) is 0 Å². The first-order valence-corrected chi connectivity index (χ1v) is 5.85. The number of ether oxygens (including phenoxy) is 1. The first-order chi connectivity index (χ1) is 9.80. The van der Waals surface area contributed by atoms with Gasteiger partial charge in [-0.1, -0.05) is 36.4 Å². The number of carbonyl (C=O) groups excluding carboxylic acids is 2. The molecule has 2 amide bonds. The van der Waals surface area contributed by atoms with E-state index < -0.39 is 18.2 Å². The zero-order valence-electron chi connectivity index (χ0n) is 10.8. The molecule has 110 valence electrons. The molecule has 0 unspecified atom stereocenters. The van der Waals surface area contributed by atoms with Crippen molar-refractivity contribution in [2.75, 3.05) is 7.05 Å². The zero-order chi connectivity index (χ0) is 15.6. The minimum Gasteiger partial charge on any atom is -0.409 e. The Hall–Kier alpha value is -2.57. The van der Waals surface area contributed by atoms with E-state index in [2.05, 4.69) is 0 Å². The first kappa shape index (κ1) is 14.8. The highest BCUT2D eigenvalue weighted by Crippen LogP contribution is 2.26. The van der Waals surface area contributed by atoms with Crippen LogP contribution in [0.1, 0.15) is 0 Å². The van der Waals surface area contributed by atoms with Gasteiger partial charge in [0.2, 0.25) is 0 Å². The van der Waals surface area contributed by atoms with Gasteiger partial charge in [0.15, 0.2) is 0 Å². The summed E-state index contributed by atoms with van der Waals surface area (Å²) >= 11 is 0. The standard InChI is InChI=1S/C14H10F3NO3/c1-18(12(19)14(15,16)17)13(20)21-11-8-4-6-9-5-2-3-7-10(9)11/h2-8H,1H3. The molecule has 0 saturated carbocycles. The highest BCUT2D eigenvalue weighted by atomic mass is 19.4. The molecule has 2 rings (SSSR count). The van der Waals surface area contributed by atoms with Crippen molar-refractivity contribution < 1.29 is 27.5 Å². The van der Waals surface area contributed by atoms with Crippen molar-refractivity contribution in [3.63, 3.8) is 0 Å². The molecule has 0 aromatic heterocycles. The molecule has 0 radical (unpaired) electrons. The third kappa shape index (κ3) is 3.13. The van der Waals surface area contributed by atoms with E-state index in [-0.39, 0.29) is 10.6 Å². The van der Waals surface area contributed by atoms with Crippen molar-refractivity contribution in [1.82, 2.24) is 4.90 Å². The van der Waals surface area contributed by atoms with Crippen LogP contribution < -0.4 is 4.74 Å². The number of carbonyl (C=O) groups is 2. The number of benzene rings is 2. The summed E-state index contributed by atoms with van der Waals surface area (Å²) in [4.78, 5) is 22.5. The summed E-state index contributed by atoms with van der Waals surface area (Å²) in [6, 6.07) is 11.7. The van der Waals surface area contributed by atoms with Gasteiger partial charge in [-0.3, -0.25) is 4.79 Å². The molecule has 2 aromatic carbocycles. The molecule has 0 aliphatic rings. The van der Waals surface area contributed by atoms with Gasteiger partial charge in [-0.15, -0.1) is 0 Å². The number of rotatable bonds is 1. The van der Waals surface area contributed by atoms with Crippen molar-refractivity contribution in [1.29, 1.82) is 0 Å². The molecule has 2 aromatic rings. The Morgan fingerprint density at radius 3 is 2.33 bits per heavy atom. The van der Waals surface area contributed by atoms with Crippen molar-refractivity contribution in [2.24, 2.45) is 0 Å². The van der Waals surface area contributed by atoms with E-state index in [1.54, 1.807) is 36.4 Å². The predicted molar refractivity (Wildman–Crippen MR) is 68.8 cm³/mol. The van der Waals surface area contributed by atoms with Crippen molar-refractivity contribution >= 4 is 22.8 Å². The second-order valence-electron chi connectivity index (χ2n) is 4.21. The summed E-state index contributed by atoms with van der Waals surface area (Å²) in [5, 5.41) is 1.31. The molecule has 0 N–H and O–H groups in total. The van der Waals surface area contributed by atoms with E-state index in [0.717, 1.165) is 5.39 Å². The van der Waals surface area contributed by atoms with Crippen LogP contribution in [-0.2, 0) is 4.79 Å². The van der Waals surface area contributed by atoms with Gasteiger partial charge in [-0.2, -0.15) is 13.2 Å². The zero-order valence-corrected chi connectivity index (χ0v) is 10.8. The lowest BCUT2D eigenvalue weighted by atomic mass is 10.1. The summed E-state index contributed by atoms with van der Waals surface area (Å²) in [5.74, 6) is -2.20. The molecule has 21 heavy (non-hydrogen) atoms. The normalized spacial score (nSPS) is 11.2. The van der Waals surface area contributed by atoms with Gasteiger partial charge in [0, 0.05) is 12.4 Å². The fraction of sp³-hybridized carbons (Fsp3) is 0.143. The van der Waals surface area contributed by atoms with Crippen LogP contribution in [0.25, 0.3) is 10.8 Å². The molecule has 0 spiro atoms. The fourth-order valence-corrected chi connectivity index (χ4v) is 1.72. The van der Waals surface area contributed by atoms with Crippen molar-refractivity contribution in [2.45, 2.75) is 6.18 Å². The Labute approximate surface area is 117 Å². The summed E-state index contributed by atoms with van der Waals surface area (Å²) in [7, 11) is 0.712. The average Bonchev–Trinajstić information content (AvgIpc) is 2.45. The van der Waals surface area contributed by atoms with Gasteiger partial charge >= 0.3 is 18.2 Å². The number of alkyl halides is 3. The fourth-order valence-electron chi connectivity index (χ4n) is 1.72. The Morgan fingerprint density at radius 1 is 1.05 bits per heavy atom. The molecule has 0 saturated heterocycles. The Bertz CT molecular complexity index is 692. The highest BCUT2D eigenvalue weighted by molar-refractivity contribution is 5.97. The van der Waals surface area contributed by atoms with E-state index in [1.807, 2.05) is 0 Å². The monoisotopic (exact) mass is 297 g/mol. The predicted octanol–water partition coefficient (Wildman–Crippen LogP) is 3.36. The second-order valence-corrected chi connectivity index (χ2v) is 4.21. The Balaban J connectivity index is 2.24. The van der Waals surface area contributed by atoms with E-state index in [0.29, 0.717) is 12.4 Å². The summed E-state index contributed by atoms with van der Waals surface area (Å²) in [6.07, 6.45) is -6.53. The molecule has 0 aliphatic carbocycles. The number of amides is 2. The number of hydrogen-bond donors (Lipinski definition) is 0. The highest BCUT2D eigenvalue weighted by Gasteiger charge is 2.44. The smallest absolute Gasteiger partial charge is 0.409 e. The van der Waals surface area contributed by atoms with Crippen LogP contribution in [0.3, 0.4) is 0 Å². The molecule has 0 bridgehead atoms. The van der Waals surface area contributed by atoms with E-state index >= 15 is 0 Å². The quantitative estimate of drug-likeness (QED) is 0.811. The Kier molecular flexibility index (Phi) is 3.84. The minimum absolute atomic E-state index is 0.0833. The van der Waals surface area contributed by atoms with Crippen LogP contribution in [0.4, 0.5) is 18.0 Å². The lowest BCUT2D eigenvalue weighted by Gasteiger charge is -2.17. The van der Waals surface area contributed by atoms with Crippen LogP contribution in [0.5, 0.6) is 5.75 Å². The van der Waals surface area contributed by atoms with Crippen LogP contribution in [-0.4, -0.2) is 30.1 Å². The summed E-state index contributed by atoms with van der Waals surface area (Å²) in [5.41, 5.74) is 0. The van der Waals surface area contributed by atoms with Gasteiger partial charge in [0.25, 0.3) is 0 Å². The first-order valence-electron chi connectivity index (χ1n) is 5.85. The molecular formula is C14H10F3NO3. The summed E-state index contributed by atoms with van der Waals surface area (Å²) < 4.78 is 41.6. The maximum atomic E-state index is 12.3. The topological polar surface area (TPSA) is 46.6 Å². The number of nitrogens with zero attached hydrogens (tertiary/aromatic N) is 1. The SMILES string of the molecule is CN(C(=O)Oc1cccc2ccccc12)C(=O)C(F)(F)F. The van der Waals surface area contributed by atoms with E-state index in [4.69, 9.17) is 4.74 Å². The Morgan fingerprint density at radius 2 is 1.67 bits per heavy atom. The largest absolute Gasteiger partial charge is 0.471 e. The summed E-state index contributed by atoms with van der Waals surface area (Å²) in [6.45, 7) is 0. The second kappa shape index (κ2) is 5.43. The van der Waals surface area contributed by atoms with Crippen molar-refractivity contribution in [3.05, 3.63) is 42.5 Å². The average molecular weight is 297 g/mol. The number of hydrogen-bond acceptors (Lipinski definition) is 3. The van der Waals surface area contributed by atoms with Gasteiger partial charge in [0.1, 0.15) is 5.75 Å². The minimum atomic E-state index is -5.13. The maximum absolute atomic E-state index is 12.3. The molecular weight excluding hydrogens is 287 g/mol. The molecule has 0 aliphatic heterocycles. The molecule has 0 atom stereocenters. The lowest BCUT2D eigenvalue weighted by Crippen LogP contribution is -2.43. The van der Waals surface area contributed by atoms with Crippen LogP contribution in [0, 0.1) is 0 Å². The number of imide groups is 1. The molecule has 0 fully saturated rings. The van der Waals surface area contributed by atoms with Crippen LogP contribution in [0.2, 0.25) is 0 Å². The molecule has 7 heteroatoms. The number of fused-ring (bicyclic) bond motifs is 1. The molecule has 4 nitrogen and oxygen atoms in total. The third-order valence-electron chi connectivity index (χ3n) is 2.77. The van der Waals surface area contributed by atoms with Gasteiger partial charge < -0.3 is 4.74 Å². The van der Waals surface area contributed by atoms with E-state index in [9.17, 15) is 22.8 Å². The van der Waals surface area contributed by atoms with Crippen molar-refractivity contribution in [3.8, 4) is 5.75 Å². The number of halogens is 3. The van der Waals surface area contributed by atoms with Gasteiger partial charge in [-0.25, -0.2) is 9.69 Å². The van der Waals surface area contributed by atoms with Gasteiger partial charge in [-0.05, 0) is 11.5 Å². The van der Waals surface area contributed by atoms with Crippen LogP contribution >= 0.6 is 0 Å².